The number of imidazole rings is 1. The lowest BCUT2D eigenvalue weighted by Crippen LogP contribution is -2.41. The summed E-state index contributed by atoms with van der Waals surface area (Å²) in [7, 11) is 3.56. The van der Waals surface area contributed by atoms with Crippen LogP contribution >= 0.6 is 0 Å². The second kappa shape index (κ2) is 10.7. The topological polar surface area (TPSA) is 134 Å². The summed E-state index contributed by atoms with van der Waals surface area (Å²) in [6.07, 6.45) is 4.27. The van der Waals surface area contributed by atoms with E-state index in [1.165, 1.54) is 6.07 Å². The van der Waals surface area contributed by atoms with Gasteiger partial charge >= 0.3 is 0 Å². The number of nitrogens with two attached hydrogens (primary N) is 2. The summed E-state index contributed by atoms with van der Waals surface area (Å²) in [6, 6.07) is 14.3. The second-order valence-corrected chi connectivity index (χ2v) is 13.1. The van der Waals surface area contributed by atoms with Crippen LogP contribution in [-0.4, -0.2) is 61.6 Å². The molecule has 3 aliphatic rings. The maximum atomic E-state index is 15.2. The summed E-state index contributed by atoms with van der Waals surface area (Å²) in [4.78, 5) is 37.0. The molecule has 10 nitrogen and oxygen atoms in total. The number of nitrogens with zero attached hydrogens (tertiary/aromatic N) is 5. The fraction of sp³-hybridized carbons (Fsp3) is 0.371. The van der Waals surface area contributed by atoms with E-state index in [1.54, 1.807) is 19.2 Å². The summed E-state index contributed by atoms with van der Waals surface area (Å²) in [5, 5.41) is 0.917. The molecule has 2 amide bonds. The third kappa shape index (κ3) is 4.63. The molecular weight excluding hydrogens is 585 g/mol. The van der Waals surface area contributed by atoms with Gasteiger partial charge in [-0.2, -0.15) is 0 Å². The monoisotopic (exact) mass is 621 g/mol. The van der Waals surface area contributed by atoms with Crippen molar-refractivity contribution in [2.45, 2.75) is 50.7 Å². The molecule has 2 saturated carbocycles. The summed E-state index contributed by atoms with van der Waals surface area (Å²) in [6.45, 7) is 1.45. The molecular formula is C35H36FN7O3. The van der Waals surface area contributed by atoms with Gasteiger partial charge in [0.15, 0.2) is 5.82 Å². The highest BCUT2D eigenvalue weighted by molar-refractivity contribution is 6.00. The van der Waals surface area contributed by atoms with E-state index in [4.69, 9.17) is 26.2 Å². The van der Waals surface area contributed by atoms with Gasteiger partial charge in [-0.1, -0.05) is 6.07 Å². The Morgan fingerprint density at radius 1 is 1.04 bits per heavy atom. The fourth-order valence-corrected chi connectivity index (χ4v) is 7.55. The number of benzene rings is 2. The molecule has 1 aliphatic heterocycles. The van der Waals surface area contributed by atoms with Crippen molar-refractivity contribution < 1.29 is 18.7 Å². The maximum absolute atomic E-state index is 15.2. The molecule has 4 N–H and O–H groups in total. The van der Waals surface area contributed by atoms with Gasteiger partial charge in [-0.3, -0.25) is 9.59 Å². The highest BCUT2D eigenvalue weighted by Crippen LogP contribution is 2.40. The van der Waals surface area contributed by atoms with Crippen molar-refractivity contribution in [2.24, 2.45) is 30.4 Å². The largest absolute Gasteiger partial charge is 0.494 e. The minimum atomic E-state index is -0.511. The van der Waals surface area contributed by atoms with E-state index in [-0.39, 0.29) is 24.4 Å². The summed E-state index contributed by atoms with van der Waals surface area (Å²) >= 11 is 0. The Labute approximate surface area is 265 Å². The fourth-order valence-electron chi connectivity index (χ4n) is 7.55. The molecule has 3 fully saturated rings. The number of methoxy groups -OCH3 is 1. The number of fused-ring (bicyclic) bond motifs is 4. The molecule has 236 valence electrons. The van der Waals surface area contributed by atoms with Gasteiger partial charge in [-0.25, -0.2) is 14.4 Å². The summed E-state index contributed by atoms with van der Waals surface area (Å²) < 4.78 is 25.2. The van der Waals surface area contributed by atoms with Crippen LogP contribution in [0.5, 0.6) is 5.75 Å². The minimum absolute atomic E-state index is 0.0247. The number of piperidine rings is 1. The molecule has 0 radical (unpaired) electrons. The van der Waals surface area contributed by atoms with E-state index < -0.39 is 11.7 Å². The van der Waals surface area contributed by atoms with E-state index in [2.05, 4.69) is 10.6 Å². The maximum Gasteiger partial charge on any atom is 0.254 e. The number of hydrogen-bond acceptors (Lipinski definition) is 6. The van der Waals surface area contributed by atoms with E-state index in [0.717, 1.165) is 60.3 Å². The first-order valence-electron chi connectivity index (χ1n) is 15.9. The van der Waals surface area contributed by atoms with Crippen molar-refractivity contribution >= 4 is 33.9 Å². The number of carbonyl (C=O) groups excluding carboxylic acids is 2. The number of rotatable bonds is 8. The number of aromatic nitrogens is 4. The quantitative estimate of drug-likeness (QED) is 0.264. The highest BCUT2D eigenvalue weighted by atomic mass is 19.1. The molecule has 4 heterocycles. The first-order chi connectivity index (χ1) is 22.2. The molecule has 11 heteroatoms. The van der Waals surface area contributed by atoms with E-state index >= 15 is 4.39 Å². The zero-order valence-corrected chi connectivity index (χ0v) is 25.9. The number of amides is 2. The number of carbonyl (C=O) groups is 2. The van der Waals surface area contributed by atoms with Gasteiger partial charge in [-0.15, -0.1) is 0 Å². The van der Waals surface area contributed by atoms with E-state index in [1.807, 2.05) is 40.8 Å². The first kappa shape index (κ1) is 28.7. The van der Waals surface area contributed by atoms with Crippen molar-refractivity contribution in [3.05, 3.63) is 65.5 Å². The third-order valence-electron chi connectivity index (χ3n) is 10.1. The lowest BCUT2D eigenvalue weighted by Gasteiger charge is -2.27. The summed E-state index contributed by atoms with van der Waals surface area (Å²) in [5.74, 6) is 1.19. The zero-order chi connectivity index (χ0) is 31.9. The average Bonchev–Trinajstić information content (AvgIpc) is 3.44. The Morgan fingerprint density at radius 2 is 1.87 bits per heavy atom. The number of ether oxygens (including phenoxy) is 1. The standard InChI is InChI=1S/C35H36FN7O3/c1-41-32-26(13-22(15-29(32)46-2)35(45)43-17-21-7-10-27(43)31(21)38)40-34(41)28-14-20-6-9-25(39-33(20)42(28)16-18-3-4-18)23-8-5-19(11-24(23)36)12-30(37)44/h5-6,8-9,11,13-15,18,21,27,31H,3-4,7,10,12,16-17,38H2,1-2H3,(H2,37,44)/t21?,27?,31-/m1/s1. The Balaban J connectivity index is 1.21. The van der Waals surface area contributed by atoms with Crippen molar-refractivity contribution in [2.75, 3.05) is 13.7 Å². The SMILES string of the molecule is COc1cc(C(=O)N2CC3CCC2[C@@H]3N)cc2nc(-c3cc4ccc(-c5ccc(CC(N)=O)cc5F)nc4n3CC3CC3)n(C)c12. The normalized spacial score (nSPS) is 20.7. The van der Waals surface area contributed by atoms with Gasteiger partial charge in [0.05, 0.1) is 30.4 Å². The second-order valence-electron chi connectivity index (χ2n) is 13.1. The molecule has 2 aliphatic carbocycles. The van der Waals surface area contributed by atoms with Crippen molar-refractivity contribution in [3.63, 3.8) is 0 Å². The molecule has 46 heavy (non-hydrogen) atoms. The number of primary amides is 1. The number of hydrogen-bond donors (Lipinski definition) is 2. The van der Waals surface area contributed by atoms with Crippen LogP contribution < -0.4 is 16.2 Å². The van der Waals surface area contributed by atoms with Crippen LogP contribution in [0.15, 0.2) is 48.5 Å². The number of likely N-dealkylation sites (tertiary alicyclic amines) is 1. The van der Waals surface area contributed by atoms with E-state index in [9.17, 15) is 9.59 Å². The lowest BCUT2D eigenvalue weighted by atomic mass is 10.1. The van der Waals surface area contributed by atoms with Crippen LogP contribution in [0.25, 0.3) is 44.8 Å². The van der Waals surface area contributed by atoms with Gasteiger partial charge in [-0.05, 0) is 85.5 Å². The van der Waals surface area contributed by atoms with Gasteiger partial charge < -0.3 is 30.2 Å². The molecule has 5 aromatic rings. The van der Waals surface area contributed by atoms with Crippen LogP contribution in [0.1, 0.15) is 41.6 Å². The molecule has 2 bridgehead atoms. The highest BCUT2D eigenvalue weighted by Gasteiger charge is 2.47. The molecule has 2 aromatic carbocycles. The number of halogens is 1. The zero-order valence-electron chi connectivity index (χ0n) is 25.9. The van der Waals surface area contributed by atoms with Gasteiger partial charge in [0.25, 0.3) is 5.91 Å². The third-order valence-corrected chi connectivity index (χ3v) is 10.1. The van der Waals surface area contributed by atoms with Gasteiger partial charge in [0.1, 0.15) is 22.7 Å². The smallest absolute Gasteiger partial charge is 0.254 e. The van der Waals surface area contributed by atoms with Gasteiger partial charge in [0.2, 0.25) is 5.91 Å². The van der Waals surface area contributed by atoms with E-state index in [0.29, 0.717) is 52.0 Å². The van der Waals surface area contributed by atoms with Crippen molar-refractivity contribution in [1.29, 1.82) is 0 Å². The Hall–Kier alpha value is -4.77. The molecule has 2 unspecified atom stereocenters. The predicted molar refractivity (Wildman–Crippen MR) is 173 cm³/mol. The average molecular weight is 622 g/mol. The Morgan fingerprint density at radius 3 is 2.54 bits per heavy atom. The summed E-state index contributed by atoms with van der Waals surface area (Å²) in [5.41, 5.74) is 16.7. The lowest BCUT2D eigenvalue weighted by molar-refractivity contribution is -0.117. The first-order valence-corrected chi connectivity index (χ1v) is 15.9. The number of pyridine rings is 1. The van der Waals surface area contributed by atoms with Crippen molar-refractivity contribution in [3.8, 4) is 28.5 Å². The van der Waals surface area contributed by atoms with Crippen LogP contribution in [0.3, 0.4) is 0 Å². The van der Waals surface area contributed by atoms with Crippen LogP contribution in [0, 0.1) is 17.7 Å². The number of aryl methyl sites for hydroxylation is 1. The molecule has 8 rings (SSSR count). The van der Waals surface area contributed by atoms with Gasteiger partial charge in [0, 0.05) is 48.7 Å². The van der Waals surface area contributed by atoms with Crippen LogP contribution in [0.2, 0.25) is 0 Å². The Bertz CT molecular complexity index is 2060. The van der Waals surface area contributed by atoms with Crippen LogP contribution in [-0.2, 0) is 24.8 Å². The Kier molecular flexibility index (Phi) is 6.64. The molecule has 3 aromatic heterocycles. The van der Waals surface area contributed by atoms with Crippen LogP contribution in [0.4, 0.5) is 4.39 Å². The van der Waals surface area contributed by atoms with Crippen molar-refractivity contribution in [1.82, 2.24) is 24.0 Å². The minimum Gasteiger partial charge on any atom is -0.494 e. The molecule has 3 atom stereocenters. The predicted octanol–water partition coefficient (Wildman–Crippen LogP) is 4.40. The molecule has 0 spiro atoms. The molecule has 1 saturated heterocycles.